The molecule has 0 aromatic carbocycles. The van der Waals surface area contributed by atoms with Gasteiger partial charge in [0.1, 0.15) is 17.3 Å². The van der Waals surface area contributed by atoms with Crippen LogP contribution in [0.1, 0.15) is 25.2 Å². The lowest BCUT2D eigenvalue weighted by atomic mass is 10.1. The summed E-state index contributed by atoms with van der Waals surface area (Å²) in [4.78, 5) is 10.7. The number of hydrogen-bond acceptors (Lipinski definition) is 5. The molecule has 18 heavy (non-hydrogen) atoms. The third-order valence-corrected chi connectivity index (χ3v) is 3.06. The monoisotopic (exact) mass is 268 g/mol. The van der Waals surface area contributed by atoms with E-state index in [4.69, 9.17) is 22.7 Å². The predicted octanol–water partition coefficient (Wildman–Crippen LogP) is 1.14. The van der Waals surface area contributed by atoms with Gasteiger partial charge in [-0.3, -0.25) is 0 Å². The summed E-state index contributed by atoms with van der Waals surface area (Å²) >= 11 is 4.90. The van der Waals surface area contributed by atoms with Gasteiger partial charge in [0.15, 0.2) is 0 Å². The summed E-state index contributed by atoms with van der Waals surface area (Å²) in [5, 5.41) is 0. The highest BCUT2D eigenvalue weighted by Crippen LogP contribution is 2.13. The van der Waals surface area contributed by atoms with Crippen LogP contribution in [0, 0.1) is 6.92 Å². The fraction of sp³-hybridized carbons (Fsp3) is 0.583. The van der Waals surface area contributed by atoms with E-state index in [1.165, 1.54) is 0 Å². The predicted molar refractivity (Wildman–Crippen MR) is 75.9 cm³/mol. The van der Waals surface area contributed by atoms with E-state index >= 15 is 0 Å². The molecule has 2 N–H and O–H groups in total. The summed E-state index contributed by atoms with van der Waals surface area (Å²) in [6.45, 7) is 6.50. The number of hydrogen-bond donors (Lipinski definition) is 1. The second kappa shape index (κ2) is 5.58. The quantitative estimate of drug-likeness (QED) is 0.808. The number of nitrogens with two attached hydrogens (primary N) is 1. The van der Waals surface area contributed by atoms with Gasteiger partial charge in [-0.25, -0.2) is 4.98 Å². The minimum Gasteiger partial charge on any atom is -0.461 e. The van der Waals surface area contributed by atoms with E-state index in [2.05, 4.69) is 28.7 Å². The number of aromatic nitrogens is 2. The van der Waals surface area contributed by atoms with Gasteiger partial charge in [-0.05, 0) is 40.9 Å². The second-order valence-corrected chi connectivity index (χ2v) is 5.48. The Morgan fingerprint density at radius 2 is 2.06 bits per heavy atom. The maximum absolute atomic E-state index is 5.62. The van der Waals surface area contributed by atoms with E-state index in [1.807, 2.05) is 21.0 Å². The Morgan fingerprint density at radius 3 is 2.56 bits per heavy atom. The molecule has 1 heterocycles. The molecule has 0 spiro atoms. The molecule has 0 atom stereocenters. The first-order valence-corrected chi connectivity index (χ1v) is 6.09. The van der Waals surface area contributed by atoms with Crippen LogP contribution in [0.4, 0.5) is 0 Å². The van der Waals surface area contributed by atoms with Crippen LogP contribution in [0.15, 0.2) is 6.07 Å². The van der Waals surface area contributed by atoms with Crippen LogP contribution in [0.3, 0.4) is 0 Å². The first-order valence-electron chi connectivity index (χ1n) is 5.68. The summed E-state index contributed by atoms with van der Waals surface area (Å²) in [7, 11) is 4.00. The Bertz CT molecular complexity index is 446. The minimum atomic E-state index is -0.101. The first-order chi connectivity index (χ1) is 8.22. The molecule has 0 bridgehead atoms. The summed E-state index contributed by atoms with van der Waals surface area (Å²) in [6.07, 6.45) is 0. The largest absolute Gasteiger partial charge is 0.461 e. The van der Waals surface area contributed by atoms with Crippen molar-refractivity contribution in [2.24, 2.45) is 5.73 Å². The second-order valence-electron chi connectivity index (χ2n) is 5.04. The van der Waals surface area contributed by atoms with Crippen LogP contribution in [0.2, 0.25) is 0 Å². The number of ether oxygens (including phenoxy) is 1. The van der Waals surface area contributed by atoms with Gasteiger partial charge in [0.2, 0.25) is 0 Å². The Balaban J connectivity index is 2.83. The zero-order valence-corrected chi connectivity index (χ0v) is 12.3. The number of nitrogens with zero attached hydrogens (tertiary/aromatic N) is 3. The molecule has 1 aromatic heterocycles. The van der Waals surface area contributed by atoms with Crippen LogP contribution in [-0.4, -0.2) is 46.1 Å². The van der Waals surface area contributed by atoms with Crippen molar-refractivity contribution in [3.05, 3.63) is 17.5 Å². The molecule has 0 saturated carbocycles. The van der Waals surface area contributed by atoms with Gasteiger partial charge in [-0.1, -0.05) is 12.2 Å². The fourth-order valence-corrected chi connectivity index (χ4v) is 1.21. The lowest BCUT2D eigenvalue weighted by Crippen LogP contribution is -2.43. The maximum atomic E-state index is 5.62. The Hall–Kier alpha value is -1.27. The zero-order chi connectivity index (χ0) is 13.9. The van der Waals surface area contributed by atoms with Crippen molar-refractivity contribution in [3.63, 3.8) is 0 Å². The standard InChI is InChI=1S/C12H20N4OS/c1-8-6-9(10(13)18)15-11(14-8)17-7-12(2,3)16(4)5/h6H,7H2,1-5H3,(H2,13,18). The van der Waals surface area contributed by atoms with Gasteiger partial charge in [0.05, 0.1) is 0 Å². The lowest BCUT2D eigenvalue weighted by Gasteiger charge is -2.31. The molecule has 0 saturated heterocycles. The SMILES string of the molecule is Cc1cc(C(N)=S)nc(OCC(C)(C)N(C)C)n1. The summed E-state index contributed by atoms with van der Waals surface area (Å²) in [5.74, 6) is 0. The molecule has 6 heteroatoms. The minimum absolute atomic E-state index is 0.101. The molecule has 100 valence electrons. The van der Waals surface area contributed by atoms with Gasteiger partial charge in [0.25, 0.3) is 0 Å². The van der Waals surface area contributed by atoms with E-state index in [1.54, 1.807) is 6.07 Å². The van der Waals surface area contributed by atoms with Gasteiger partial charge in [0, 0.05) is 11.2 Å². The Labute approximate surface area is 113 Å². The molecule has 0 amide bonds. The van der Waals surface area contributed by atoms with Crippen molar-refractivity contribution in [3.8, 4) is 6.01 Å². The van der Waals surface area contributed by atoms with E-state index in [-0.39, 0.29) is 10.5 Å². The van der Waals surface area contributed by atoms with Crippen molar-refractivity contribution in [1.82, 2.24) is 14.9 Å². The summed E-state index contributed by atoms with van der Waals surface area (Å²) in [6, 6.07) is 2.06. The maximum Gasteiger partial charge on any atom is 0.317 e. The molecular formula is C12H20N4OS. The Kier molecular flexibility index (Phi) is 4.59. The van der Waals surface area contributed by atoms with E-state index < -0.39 is 0 Å². The van der Waals surface area contributed by atoms with Crippen molar-refractivity contribution in [2.45, 2.75) is 26.3 Å². The molecule has 1 rings (SSSR count). The van der Waals surface area contributed by atoms with Gasteiger partial charge in [-0.2, -0.15) is 4.98 Å². The van der Waals surface area contributed by atoms with Crippen LogP contribution < -0.4 is 10.5 Å². The summed E-state index contributed by atoms with van der Waals surface area (Å²) < 4.78 is 5.62. The molecule has 0 aliphatic heterocycles. The first kappa shape index (κ1) is 14.8. The van der Waals surface area contributed by atoms with Crippen LogP contribution in [-0.2, 0) is 0 Å². The van der Waals surface area contributed by atoms with Crippen molar-refractivity contribution >= 4 is 17.2 Å². The topological polar surface area (TPSA) is 64.3 Å². The average molecular weight is 268 g/mol. The van der Waals surface area contributed by atoms with Gasteiger partial charge in [-0.15, -0.1) is 0 Å². The molecule has 5 nitrogen and oxygen atoms in total. The smallest absolute Gasteiger partial charge is 0.317 e. The number of rotatable bonds is 5. The molecular weight excluding hydrogens is 248 g/mol. The molecule has 0 aliphatic carbocycles. The number of aryl methyl sites for hydroxylation is 1. The van der Waals surface area contributed by atoms with E-state index in [9.17, 15) is 0 Å². The molecule has 0 aliphatic rings. The Morgan fingerprint density at radius 1 is 1.44 bits per heavy atom. The van der Waals surface area contributed by atoms with Crippen LogP contribution in [0.25, 0.3) is 0 Å². The highest BCUT2D eigenvalue weighted by atomic mass is 32.1. The third kappa shape index (κ3) is 3.89. The van der Waals surface area contributed by atoms with Crippen LogP contribution in [0.5, 0.6) is 6.01 Å². The van der Waals surface area contributed by atoms with Crippen molar-refractivity contribution in [2.75, 3.05) is 20.7 Å². The third-order valence-electron chi connectivity index (χ3n) is 2.85. The summed E-state index contributed by atoms with van der Waals surface area (Å²) in [5.41, 5.74) is 6.78. The molecule has 1 aromatic rings. The van der Waals surface area contributed by atoms with Crippen LogP contribution >= 0.6 is 12.2 Å². The molecule has 0 radical (unpaired) electrons. The van der Waals surface area contributed by atoms with Crippen molar-refractivity contribution < 1.29 is 4.74 Å². The molecule has 0 unspecified atom stereocenters. The number of likely N-dealkylation sites (N-methyl/N-ethyl adjacent to an activating group) is 1. The highest BCUT2D eigenvalue weighted by Gasteiger charge is 2.22. The fourth-order valence-electron chi connectivity index (χ4n) is 1.10. The van der Waals surface area contributed by atoms with E-state index in [0.29, 0.717) is 18.3 Å². The molecule has 0 fully saturated rings. The van der Waals surface area contributed by atoms with Gasteiger partial charge < -0.3 is 15.4 Å². The lowest BCUT2D eigenvalue weighted by molar-refractivity contribution is 0.107. The highest BCUT2D eigenvalue weighted by molar-refractivity contribution is 7.80. The average Bonchev–Trinajstić information content (AvgIpc) is 2.25. The number of thiocarbonyl (C=S) groups is 1. The zero-order valence-electron chi connectivity index (χ0n) is 11.5. The normalized spacial score (nSPS) is 11.7. The van der Waals surface area contributed by atoms with Crippen molar-refractivity contribution in [1.29, 1.82) is 0 Å². The van der Waals surface area contributed by atoms with E-state index in [0.717, 1.165) is 5.69 Å². The van der Waals surface area contributed by atoms with Gasteiger partial charge >= 0.3 is 6.01 Å².